The molecular weight excluding hydrogens is 136 g/mol. The third-order valence-electron chi connectivity index (χ3n) is 2.99. The SMILES string of the molecule is COC(C)C(C)C(C)C(C)C. The molecule has 0 saturated carbocycles. The number of hydrogen-bond acceptors (Lipinski definition) is 1. The van der Waals surface area contributed by atoms with Gasteiger partial charge in [0, 0.05) is 7.11 Å². The van der Waals surface area contributed by atoms with E-state index < -0.39 is 0 Å². The molecule has 0 aromatic carbocycles. The molecule has 0 radical (unpaired) electrons. The molecule has 0 aromatic heterocycles. The zero-order chi connectivity index (χ0) is 9.02. The van der Waals surface area contributed by atoms with Crippen LogP contribution in [0, 0.1) is 17.8 Å². The fourth-order valence-electron chi connectivity index (χ4n) is 1.25. The van der Waals surface area contributed by atoms with E-state index in [2.05, 4.69) is 34.6 Å². The second-order valence-electron chi connectivity index (χ2n) is 3.90. The zero-order valence-electron chi connectivity index (χ0n) is 8.72. The molecule has 0 aromatic rings. The maximum Gasteiger partial charge on any atom is 0.0571 e. The predicted molar refractivity (Wildman–Crippen MR) is 49.6 cm³/mol. The smallest absolute Gasteiger partial charge is 0.0571 e. The summed E-state index contributed by atoms with van der Waals surface area (Å²) in [6.07, 6.45) is 0.382. The molecule has 0 rings (SSSR count). The van der Waals surface area contributed by atoms with E-state index in [-0.39, 0.29) is 0 Å². The highest BCUT2D eigenvalue weighted by atomic mass is 16.5. The molecule has 0 amide bonds. The van der Waals surface area contributed by atoms with Gasteiger partial charge < -0.3 is 4.74 Å². The Bertz CT molecular complexity index is 99.0. The molecule has 0 saturated heterocycles. The van der Waals surface area contributed by atoms with Crippen LogP contribution in [0.5, 0.6) is 0 Å². The van der Waals surface area contributed by atoms with E-state index in [9.17, 15) is 0 Å². The molecule has 0 spiro atoms. The van der Waals surface area contributed by atoms with E-state index in [1.807, 2.05) is 0 Å². The van der Waals surface area contributed by atoms with Gasteiger partial charge in [0.15, 0.2) is 0 Å². The first-order chi connectivity index (χ1) is 5.00. The first-order valence-electron chi connectivity index (χ1n) is 4.53. The molecule has 11 heavy (non-hydrogen) atoms. The van der Waals surface area contributed by atoms with E-state index in [0.717, 1.165) is 11.8 Å². The summed E-state index contributed by atoms with van der Waals surface area (Å²) >= 11 is 0. The van der Waals surface area contributed by atoms with Crippen molar-refractivity contribution >= 4 is 0 Å². The molecule has 3 atom stereocenters. The third-order valence-corrected chi connectivity index (χ3v) is 2.99. The van der Waals surface area contributed by atoms with E-state index >= 15 is 0 Å². The molecule has 0 N–H and O–H groups in total. The van der Waals surface area contributed by atoms with Crippen LogP contribution in [0.25, 0.3) is 0 Å². The Morgan fingerprint density at radius 2 is 1.27 bits per heavy atom. The Labute approximate surface area is 71.1 Å². The van der Waals surface area contributed by atoms with Crippen LogP contribution in [0.1, 0.15) is 34.6 Å². The number of rotatable bonds is 4. The summed E-state index contributed by atoms with van der Waals surface area (Å²) < 4.78 is 5.28. The minimum absolute atomic E-state index is 0.382. The maximum atomic E-state index is 5.28. The van der Waals surface area contributed by atoms with Crippen molar-refractivity contribution in [3.63, 3.8) is 0 Å². The van der Waals surface area contributed by atoms with Crippen molar-refractivity contribution in [2.75, 3.05) is 7.11 Å². The van der Waals surface area contributed by atoms with Crippen LogP contribution in [-0.2, 0) is 4.74 Å². The number of methoxy groups -OCH3 is 1. The Morgan fingerprint density at radius 1 is 0.818 bits per heavy atom. The van der Waals surface area contributed by atoms with E-state index in [0.29, 0.717) is 12.0 Å². The Morgan fingerprint density at radius 3 is 1.55 bits per heavy atom. The highest BCUT2D eigenvalue weighted by Crippen LogP contribution is 2.23. The van der Waals surface area contributed by atoms with E-state index in [1.54, 1.807) is 7.11 Å². The van der Waals surface area contributed by atoms with Crippen LogP contribution < -0.4 is 0 Å². The molecule has 0 aliphatic carbocycles. The molecule has 1 heteroatoms. The van der Waals surface area contributed by atoms with Crippen LogP contribution >= 0.6 is 0 Å². The Balaban J connectivity index is 3.90. The summed E-state index contributed by atoms with van der Waals surface area (Å²) in [5.41, 5.74) is 0. The highest BCUT2D eigenvalue weighted by Gasteiger charge is 2.20. The molecular formula is C10H22O. The summed E-state index contributed by atoms with van der Waals surface area (Å²) in [4.78, 5) is 0. The summed E-state index contributed by atoms with van der Waals surface area (Å²) in [6.45, 7) is 11.2. The fourth-order valence-corrected chi connectivity index (χ4v) is 1.25. The van der Waals surface area contributed by atoms with Gasteiger partial charge in [0.25, 0.3) is 0 Å². The van der Waals surface area contributed by atoms with Gasteiger partial charge in [-0.05, 0) is 24.7 Å². The van der Waals surface area contributed by atoms with E-state index in [4.69, 9.17) is 4.74 Å². The maximum absolute atomic E-state index is 5.28. The summed E-state index contributed by atoms with van der Waals surface area (Å²) in [5, 5.41) is 0. The lowest BCUT2D eigenvalue weighted by Crippen LogP contribution is -2.25. The molecule has 0 aliphatic heterocycles. The van der Waals surface area contributed by atoms with Crippen molar-refractivity contribution in [3.8, 4) is 0 Å². The van der Waals surface area contributed by atoms with Crippen molar-refractivity contribution in [3.05, 3.63) is 0 Å². The lowest BCUT2D eigenvalue weighted by Gasteiger charge is -2.27. The van der Waals surface area contributed by atoms with E-state index in [1.165, 1.54) is 0 Å². The second kappa shape index (κ2) is 4.76. The van der Waals surface area contributed by atoms with Gasteiger partial charge in [0.1, 0.15) is 0 Å². The number of hydrogen-bond donors (Lipinski definition) is 0. The van der Waals surface area contributed by atoms with Crippen LogP contribution in [0.4, 0.5) is 0 Å². The van der Waals surface area contributed by atoms with Gasteiger partial charge >= 0.3 is 0 Å². The van der Waals surface area contributed by atoms with Gasteiger partial charge in [0.2, 0.25) is 0 Å². The van der Waals surface area contributed by atoms with Crippen molar-refractivity contribution in [1.82, 2.24) is 0 Å². The summed E-state index contributed by atoms with van der Waals surface area (Å²) in [6, 6.07) is 0. The quantitative estimate of drug-likeness (QED) is 0.611. The molecule has 0 bridgehead atoms. The first kappa shape index (κ1) is 11.0. The fraction of sp³-hybridized carbons (Fsp3) is 1.00. The van der Waals surface area contributed by atoms with Crippen molar-refractivity contribution < 1.29 is 4.74 Å². The highest BCUT2D eigenvalue weighted by molar-refractivity contribution is 4.69. The standard InChI is InChI=1S/C10H22O/c1-7(2)8(3)9(4)10(5)11-6/h7-10H,1-6H3. The van der Waals surface area contributed by atoms with Gasteiger partial charge in [-0.25, -0.2) is 0 Å². The topological polar surface area (TPSA) is 9.23 Å². The molecule has 0 aliphatic rings. The normalized spacial score (nSPS) is 19.9. The van der Waals surface area contributed by atoms with Crippen molar-refractivity contribution in [2.45, 2.75) is 40.7 Å². The average Bonchev–Trinajstić information content (AvgIpc) is 2.00. The second-order valence-corrected chi connectivity index (χ2v) is 3.90. The molecule has 68 valence electrons. The third kappa shape index (κ3) is 3.24. The van der Waals surface area contributed by atoms with Crippen LogP contribution in [0.3, 0.4) is 0 Å². The Kier molecular flexibility index (Phi) is 4.74. The predicted octanol–water partition coefficient (Wildman–Crippen LogP) is 2.95. The van der Waals surface area contributed by atoms with Gasteiger partial charge in [-0.15, -0.1) is 0 Å². The minimum Gasteiger partial charge on any atom is -0.381 e. The van der Waals surface area contributed by atoms with Gasteiger partial charge in [-0.3, -0.25) is 0 Å². The Hall–Kier alpha value is -0.0400. The van der Waals surface area contributed by atoms with Crippen LogP contribution in [0.15, 0.2) is 0 Å². The van der Waals surface area contributed by atoms with Crippen molar-refractivity contribution in [2.24, 2.45) is 17.8 Å². The average molecular weight is 158 g/mol. The molecule has 1 nitrogen and oxygen atoms in total. The van der Waals surface area contributed by atoms with Crippen LogP contribution in [-0.4, -0.2) is 13.2 Å². The summed E-state index contributed by atoms with van der Waals surface area (Å²) in [5.74, 6) is 2.15. The largest absolute Gasteiger partial charge is 0.381 e. The molecule has 3 unspecified atom stereocenters. The first-order valence-corrected chi connectivity index (χ1v) is 4.53. The lowest BCUT2D eigenvalue weighted by atomic mass is 9.83. The van der Waals surface area contributed by atoms with Gasteiger partial charge in [0.05, 0.1) is 6.10 Å². The minimum atomic E-state index is 0.382. The van der Waals surface area contributed by atoms with Crippen molar-refractivity contribution in [1.29, 1.82) is 0 Å². The zero-order valence-corrected chi connectivity index (χ0v) is 8.72. The monoisotopic (exact) mass is 158 g/mol. The molecule has 0 heterocycles. The van der Waals surface area contributed by atoms with Gasteiger partial charge in [-0.2, -0.15) is 0 Å². The molecule has 0 fully saturated rings. The van der Waals surface area contributed by atoms with Crippen LogP contribution in [0.2, 0.25) is 0 Å². The summed E-state index contributed by atoms with van der Waals surface area (Å²) in [7, 11) is 1.79. The number of ether oxygens (including phenoxy) is 1. The lowest BCUT2D eigenvalue weighted by molar-refractivity contribution is 0.0421. The van der Waals surface area contributed by atoms with Gasteiger partial charge in [-0.1, -0.05) is 27.7 Å².